The summed E-state index contributed by atoms with van der Waals surface area (Å²) in [6.07, 6.45) is 1.28. The Bertz CT molecular complexity index is 463. The van der Waals surface area contributed by atoms with Crippen LogP contribution < -0.4 is 10.6 Å². The van der Waals surface area contributed by atoms with Crippen LogP contribution in [0.3, 0.4) is 0 Å². The van der Waals surface area contributed by atoms with Crippen LogP contribution in [0.15, 0.2) is 31.0 Å². The summed E-state index contributed by atoms with van der Waals surface area (Å²) in [6, 6.07) is 5.64. The lowest BCUT2D eigenvalue weighted by atomic mass is 10.1. The largest absolute Gasteiger partial charge is 0.500 e. The Morgan fingerprint density at radius 2 is 1.89 bits per heavy atom. The first kappa shape index (κ1) is 14.8. The number of hydrogen-bond acceptors (Lipinski definition) is 3. The van der Waals surface area contributed by atoms with Gasteiger partial charge in [-0.2, -0.15) is 0 Å². The number of aryl methyl sites for hydroxylation is 2. The smallest absolute Gasteiger partial charge is 0.313 e. The summed E-state index contributed by atoms with van der Waals surface area (Å²) in [7, 11) is 0. The van der Waals surface area contributed by atoms with Gasteiger partial charge in [-0.3, -0.25) is 9.59 Å². The maximum atomic E-state index is 11.7. The Balaban J connectivity index is 2.54. The molecular weight excluding hydrogens is 244 g/mol. The van der Waals surface area contributed by atoms with Gasteiger partial charge in [0.15, 0.2) is 0 Å². The molecule has 0 fully saturated rings. The highest BCUT2D eigenvalue weighted by molar-refractivity contribution is 6.39. The molecule has 0 aliphatic heterocycles. The first-order valence-corrected chi connectivity index (χ1v) is 5.94. The van der Waals surface area contributed by atoms with Crippen LogP contribution in [0.4, 0.5) is 5.69 Å². The maximum absolute atomic E-state index is 11.7. The second kappa shape index (κ2) is 7.20. The molecule has 0 unspecified atom stereocenters. The van der Waals surface area contributed by atoms with Crippen molar-refractivity contribution in [3.63, 3.8) is 0 Å². The summed E-state index contributed by atoms with van der Waals surface area (Å²) in [5.74, 6) is -1.37. The number of carbonyl (C=O) groups is 2. The van der Waals surface area contributed by atoms with Crippen LogP contribution in [0.2, 0.25) is 0 Å². The van der Waals surface area contributed by atoms with Crippen molar-refractivity contribution in [2.45, 2.75) is 13.8 Å². The van der Waals surface area contributed by atoms with Gasteiger partial charge < -0.3 is 15.4 Å². The minimum Gasteiger partial charge on any atom is -0.500 e. The molecule has 0 aliphatic carbocycles. The predicted octanol–water partition coefficient (Wildman–Crippen LogP) is 1.52. The maximum Gasteiger partial charge on any atom is 0.313 e. The standard InChI is InChI=1S/C14H18N2O3/c1-4-19-9-8-15-13(17)14(18)16-12-10(2)6-5-7-11(12)3/h4-7H,1,8-9H2,2-3H3,(H,15,17)(H,16,18). The Kier molecular flexibility index (Phi) is 5.60. The van der Waals surface area contributed by atoms with Crippen molar-refractivity contribution in [1.82, 2.24) is 5.32 Å². The summed E-state index contributed by atoms with van der Waals surface area (Å²) in [5.41, 5.74) is 2.50. The molecule has 0 spiro atoms. The highest BCUT2D eigenvalue weighted by atomic mass is 16.5. The van der Waals surface area contributed by atoms with E-state index in [1.54, 1.807) is 0 Å². The van der Waals surface area contributed by atoms with Crippen molar-refractivity contribution in [3.05, 3.63) is 42.2 Å². The molecule has 0 atom stereocenters. The first-order chi connectivity index (χ1) is 9.06. The molecule has 1 rings (SSSR count). The van der Waals surface area contributed by atoms with Crippen LogP contribution in [-0.4, -0.2) is 25.0 Å². The van der Waals surface area contributed by atoms with Crippen LogP contribution in [0.1, 0.15) is 11.1 Å². The summed E-state index contributed by atoms with van der Waals surface area (Å²) in [4.78, 5) is 23.2. The van der Waals surface area contributed by atoms with Gasteiger partial charge in [0, 0.05) is 5.69 Å². The molecule has 19 heavy (non-hydrogen) atoms. The predicted molar refractivity (Wildman–Crippen MR) is 73.7 cm³/mol. The van der Waals surface area contributed by atoms with E-state index in [0.29, 0.717) is 5.69 Å². The quantitative estimate of drug-likeness (QED) is 0.480. The molecule has 2 amide bonds. The van der Waals surface area contributed by atoms with E-state index in [2.05, 4.69) is 17.2 Å². The Morgan fingerprint density at radius 1 is 1.26 bits per heavy atom. The zero-order valence-corrected chi connectivity index (χ0v) is 11.2. The van der Waals surface area contributed by atoms with Gasteiger partial charge in [-0.1, -0.05) is 24.8 Å². The second-order valence-electron chi connectivity index (χ2n) is 4.01. The number of benzene rings is 1. The van der Waals surface area contributed by atoms with Gasteiger partial charge in [0.1, 0.15) is 6.61 Å². The monoisotopic (exact) mass is 262 g/mol. The fourth-order valence-corrected chi connectivity index (χ4v) is 1.57. The van der Waals surface area contributed by atoms with E-state index in [-0.39, 0.29) is 13.2 Å². The fraction of sp³-hybridized carbons (Fsp3) is 0.286. The normalized spacial score (nSPS) is 9.58. The van der Waals surface area contributed by atoms with Gasteiger partial charge in [0.2, 0.25) is 0 Å². The third kappa shape index (κ3) is 4.46. The van der Waals surface area contributed by atoms with Gasteiger partial charge in [0.25, 0.3) is 0 Å². The molecule has 5 heteroatoms. The number of carbonyl (C=O) groups excluding carboxylic acids is 2. The minimum absolute atomic E-state index is 0.255. The van der Waals surface area contributed by atoms with Crippen LogP contribution in [-0.2, 0) is 14.3 Å². The first-order valence-electron chi connectivity index (χ1n) is 5.94. The lowest BCUT2D eigenvalue weighted by Gasteiger charge is -2.11. The molecule has 1 aromatic rings. The minimum atomic E-state index is -0.685. The number of amides is 2. The highest BCUT2D eigenvalue weighted by Gasteiger charge is 2.14. The Labute approximate surface area is 112 Å². The molecule has 0 saturated carbocycles. The van der Waals surface area contributed by atoms with Crippen molar-refractivity contribution in [3.8, 4) is 0 Å². The molecule has 0 heterocycles. The third-order valence-corrected chi connectivity index (χ3v) is 2.55. The molecule has 1 aromatic carbocycles. The second-order valence-corrected chi connectivity index (χ2v) is 4.01. The molecule has 0 radical (unpaired) electrons. The van der Waals surface area contributed by atoms with Crippen molar-refractivity contribution >= 4 is 17.5 Å². The number of ether oxygens (including phenoxy) is 1. The number of hydrogen-bond donors (Lipinski definition) is 2. The van der Waals surface area contributed by atoms with Crippen LogP contribution in [0.25, 0.3) is 0 Å². The van der Waals surface area contributed by atoms with Gasteiger partial charge in [-0.15, -0.1) is 0 Å². The highest BCUT2D eigenvalue weighted by Crippen LogP contribution is 2.18. The summed E-state index contributed by atoms with van der Waals surface area (Å²) >= 11 is 0. The van der Waals surface area contributed by atoms with E-state index < -0.39 is 11.8 Å². The molecule has 102 valence electrons. The van der Waals surface area contributed by atoms with Gasteiger partial charge in [-0.05, 0) is 25.0 Å². The topological polar surface area (TPSA) is 67.4 Å². The van der Waals surface area contributed by atoms with Crippen molar-refractivity contribution in [2.75, 3.05) is 18.5 Å². The molecule has 2 N–H and O–H groups in total. The lowest BCUT2D eigenvalue weighted by molar-refractivity contribution is -0.136. The molecule has 0 aromatic heterocycles. The number of anilines is 1. The van der Waals surface area contributed by atoms with Crippen molar-refractivity contribution in [2.24, 2.45) is 0 Å². The van der Waals surface area contributed by atoms with Gasteiger partial charge in [0.05, 0.1) is 12.8 Å². The van der Waals surface area contributed by atoms with Gasteiger partial charge >= 0.3 is 11.8 Å². The van der Waals surface area contributed by atoms with Crippen LogP contribution in [0.5, 0.6) is 0 Å². The average Bonchev–Trinajstić information content (AvgIpc) is 2.38. The lowest BCUT2D eigenvalue weighted by Crippen LogP contribution is -2.37. The van der Waals surface area contributed by atoms with E-state index in [4.69, 9.17) is 4.74 Å². The molecular formula is C14H18N2O3. The van der Waals surface area contributed by atoms with Gasteiger partial charge in [-0.25, -0.2) is 0 Å². The number of nitrogens with one attached hydrogen (secondary N) is 2. The third-order valence-electron chi connectivity index (χ3n) is 2.55. The molecule has 0 aliphatic rings. The van der Waals surface area contributed by atoms with E-state index in [1.807, 2.05) is 32.0 Å². The summed E-state index contributed by atoms with van der Waals surface area (Å²) in [6.45, 7) is 7.66. The van der Waals surface area contributed by atoms with Crippen LogP contribution >= 0.6 is 0 Å². The molecule has 0 bridgehead atoms. The van der Waals surface area contributed by atoms with E-state index >= 15 is 0 Å². The number of para-hydroxylation sites is 1. The Morgan fingerprint density at radius 3 is 2.47 bits per heavy atom. The van der Waals surface area contributed by atoms with Crippen molar-refractivity contribution in [1.29, 1.82) is 0 Å². The zero-order chi connectivity index (χ0) is 14.3. The SMILES string of the molecule is C=COCCNC(=O)C(=O)Nc1c(C)cccc1C. The van der Waals surface area contributed by atoms with Crippen molar-refractivity contribution < 1.29 is 14.3 Å². The van der Waals surface area contributed by atoms with Crippen LogP contribution in [0, 0.1) is 13.8 Å². The van der Waals surface area contributed by atoms with E-state index in [0.717, 1.165) is 11.1 Å². The average molecular weight is 262 g/mol. The number of rotatable bonds is 5. The molecule has 5 nitrogen and oxygen atoms in total. The van der Waals surface area contributed by atoms with E-state index in [1.165, 1.54) is 6.26 Å². The summed E-state index contributed by atoms with van der Waals surface area (Å²) < 4.78 is 4.84. The van der Waals surface area contributed by atoms with E-state index in [9.17, 15) is 9.59 Å². The summed E-state index contributed by atoms with van der Waals surface area (Å²) in [5, 5.41) is 5.06. The Hall–Kier alpha value is -2.30. The molecule has 0 saturated heterocycles. The fourth-order valence-electron chi connectivity index (χ4n) is 1.57. The zero-order valence-electron chi connectivity index (χ0n) is 11.2.